The molecule has 0 saturated carbocycles. The fourth-order valence-electron chi connectivity index (χ4n) is 3.70. The smallest absolute Gasteiger partial charge is 0.314 e. The third-order valence-corrected chi connectivity index (χ3v) is 4.98. The van der Waals surface area contributed by atoms with Crippen LogP contribution in [0, 0.1) is 11.7 Å². The molecule has 2 atom stereocenters. The number of fused-ring (bicyclic) bond motifs is 1. The summed E-state index contributed by atoms with van der Waals surface area (Å²) < 4.78 is 16.4. The summed E-state index contributed by atoms with van der Waals surface area (Å²) in [6, 6.07) is 4.52. The number of aromatic nitrogens is 4. The Labute approximate surface area is 148 Å². The first kappa shape index (κ1) is 16.7. The van der Waals surface area contributed by atoms with E-state index in [0.29, 0.717) is 23.2 Å². The molecule has 0 amide bonds. The van der Waals surface area contributed by atoms with Gasteiger partial charge in [-0.05, 0) is 56.3 Å². The summed E-state index contributed by atoms with van der Waals surface area (Å²) >= 11 is 0. The van der Waals surface area contributed by atoms with Crippen molar-refractivity contribution in [1.29, 1.82) is 0 Å². The van der Waals surface area contributed by atoms with Crippen molar-refractivity contribution in [3.8, 4) is 5.69 Å². The van der Waals surface area contributed by atoms with Crippen LogP contribution in [0.1, 0.15) is 25.3 Å². The summed E-state index contributed by atoms with van der Waals surface area (Å²) in [4.78, 5) is 25.3. The molecular formula is C18H20FN5O2. The molecule has 1 aliphatic rings. The molecule has 0 aromatic carbocycles. The van der Waals surface area contributed by atoms with Gasteiger partial charge in [-0.3, -0.25) is 14.3 Å². The van der Waals surface area contributed by atoms with Gasteiger partial charge >= 0.3 is 5.69 Å². The highest BCUT2D eigenvalue weighted by atomic mass is 19.1. The number of aromatic amines is 1. The molecule has 1 saturated heterocycles. The summed E-state index contributed by atoms with van der Waals surface area (Å²) in [5.41, 5.74) is 0.562. The summed E-state index contributed by atoms with van der Waals surface area (Å²) in [6.07, 6.45) is 7.44. The van der Waals surface area contributed by atoms with Crippen molar-refractivity contribution >= 4 is 5.52 Å². The Hall–Kier alpha value is -2.74. The third kappa shape index (κ3) is 3.08. The molecule has 0 bridgehead atoms. The zero-order valence-corrected chi connectivity index (χ0v) is 14.4. The van der Waals surface area contributed by atoms with Crippen LogP contribution in [0.15, 0.2) is 40.3 Å². The van der Waals surface area contributed by atoms with Gasteiger partial charge < -0.3 is 5.32 Å². The SMILES string of the molecule is C[C@H]1C[C@H](Cc2ccn3ncc(-n4cc(F)c(=O)[nH]c4=O)c3c2)CCN1. The lowest BCUT2D eigenvalue weighted by atomic mass is 9.88. The summed E-state index contributed by atoms with van der Waals surface area (Å²) in [5, 5.41) is 7.67. The van der Waals surface area contributed by atoms with Crippen LogP contribution in [-0.2, 0) is 6.42 Å². The van der Waals surface area contributed by atoms with Gasteiger partial charge in [0.25, 0.3) is 5.56 Å². The van der Waals surface area contributed by atoms with Gasteiger partial charge in [-0.25, -0.2) is 9.31 Å². The molecule has 8 heteroatoms. The van der Waals surface area contributed by atoms with Crippen LogP contribution >= 0.6 is 0 Å². The van der Waals surface area contributed by atoms with E-state index in [1.807, 2.05) is 23.3 Å². The average Bonchev–Trinajstić information content (AvgIpc) is 3.01. The van der Waals surface area contributed by atoms with Gasteiger partial charge in [-0.1, -0.05) is 0 Å². The molecule has 0 unspecified atom stereocenters. The Morgan fingerprint density at radius 3 is 3.04 bits per heavy atom. The number of H-pyrrole nitrogens is 1. The zero-order chi connectivity index (χ0) is 18.3. The normalized spacial score (nSPS) is 20.5. The maximum atomic E-state index is 13.6. The van der Waals surface area contributed by atoms with Crippen LogP contribution < -0.4 is 16.6 Å². The quantitative estimate of drug-likeness (QED) is 0.739. The van der Waals surface area contributed by atoms with Crippen molar-refractivity contribution < 1.29 is 4.39 Å². The van der Waals surface area contributed by atoms with E-state index in [0.717, 1.165) is 42.1 Å². The Bertz CT molecular complexity index is 1070. The molecular weight excluding hydrogens is 337 g/mol. The molecule has 1 aliphatic heterocycles. The number of nitrogens with zero attached hydrogens (tertiary/aromatic N) is 3. The minimum atomic E-state index is -1.02. The Kier molecular flexibility index (Phi) is 4.20. The number of nitrogens with one attached hydrogen (secondary N) is 2. The summed E-state index contributed by atoms with van der Waals surface area (Å²) in [5.74, 6) is -0.405. The maximum Gasteiger partial charge on any atom is 0.333 e. The van der Waals surface area contributed by atoms with Gasteiger partial charge in [0.1, 0.15) is 0 Å². The molecule has 3 aromatic heterocycles. The molecule has 0 radical (unpaired) electrons. The maximum absolute atomic E-state index is 13.6. The van der Waals surface area contributed by atoms with Crippen molar-refractivity contribution in [3.63, 3.8) is 0 Å². The first-order chi connectivity index (χ1) is 12.5. The van der Waals surface area contributed by atoms with Crippen LogP contribution in [0.25, 0.3) is 11.2 Å². The van der Waals surface area contributed by atoms with E-state index in [2.05, 4.69) is 17.3 Å². The van der Waals surface area contributed by atoms with Crippen LogP contribution in [-0.4, -0.2) is 31.8 Å². The van der Waals surface area contributed by atoms with E-state index in [9.17, 15) is 14.0 Å². The lowest BCUT2D eigenvalue weighted by Crippen LogP contribution is -2.36. The van der Waals surface area contributed by atoms with E-state index in [1.165, 1.54) is 6.20 Å². The second-order valence-electron chi connectivity index (χ2n) is 6.95. The highest BCUT2D eigenvalue weighted by Crippen LogP contribution is 2.23. The van der Waals surface area contributed by atoms with E-state index < -0.39 is 17.1 Å². The van der Waals surface area contributed by atoms with Crippen molar-refractivity contribution in [2.24, 2.45) is 5.92 Å². The molecule has 3 aromatic rings. The topological polar surface area (TPSA) is 84.2 Å². The Morgan fingerprint density at radius 2 is 2.23 bits per heavy atom. The van der Waals surface area contributed by atoms with Gasteiger partial charge in [0.05, 0.1) is 23.6 Å². The minimum absolute atomic E-state index is 0.436. The standard InChI is InChI=1S/C18H20FN5O2/c1-11-6-12(2-4-20-11)7-13-3-5-24-15(8-13)16(9-21-24)23-10-14(19)17(25)22-18(23)26/h3,5,8-12,20H,2,4,6-7H2,1H3,(H,22,25,26)/t11-,12+/m0/s1. The second kappa shape index (κ2) is 6.53. The monoisotopic (exact) mass is 357 g/mol. The summed E-state index contributed by atoms with van der Waals surface area (Å²) in [6.45, 7) is 3.22. The lowest BCUT2D eigenvalue weighted by Gasteiger charge is -2.28. The number of hydrogen-bond donors (Lipinski definition) is 2. The predicted octanol–water partition coefficient (Wildman–Crippen LogP) is 1.24. The number of hydrogen-bond acceptors (Lipinski definition) is 4. The second-order valence-corrected chi connectivity index (χ2v) is 6.95. The van der Waals surface area contributed by atoms with Gasteiger partial charge in [0.2, 0.25) is 5.82 Å². The van der Waals surface area contributed by atoms with Crippen LogP contribution in [0.4, 0.5) is 4.39 Å². The summed E-state index contributed by atoms with van der Waals surface area (Å²) in [7, 11) is 0. The van der Waals surface area contributed by atoms with E-state index >= 15 is 0 Å². The molecule has 1 fully saturated rings. The molecule has 136 valence electrons. The molecule has 4 heterocycles. The molecule has 2 N–H and O–H groups in total. The van der Waals surface area contributed by atoms with E-state index in [1.54, 1.807) is 4.52 Å². The first-order valence-electron chi connectivity index (χ1n) is 8.73. The molecule has 0 aliphatic carbocycles. The van der Waals surface area contributed by atoms with Crippen molar-refractivity contribution in [2.45, 2.75) is 32.2 Å². The number of piperidine rings is 1. The van der Waals surface area contributed by atoms with Gasteiger partial charge in [0.15, 0.2) is 0 Å². The van der Waals surface area contributed by atoms with Crippen molar-refractivity contribution in [1.82, 2.24) is 24.5 Å². The average molecular weight is 357 g/mol. The van der Waals surface area contributed by atoms with Gasteiger partial charge in [-0.15, -0.1) is 0 Å². The third-order valence-electron chi connectivity index (χ3n) is 4.98. The molecule has 7 nitrogen and oxygen atoms in total. The van der Waals surface area contributed by atoms with Gasteiger partial charge in [0, 0.05) is 12.2 Å². The van der Waals surface area contributed by atoms with Crippen LogP contribution in [0.3, 0.4) is 0 Å². The fourth-order valence-corrected chi connectivity index (χ4v) is 3.70. The Balaban J connectivity index is 1.72. The van der Waals surface area contributed by atoms with E-state index in [4.69, 9.17) is 0 Å². The largest absolute Gasteiger partial charge is 0.333 e. The van der Waals surface area contributed by atoms with Crippen LogP contribution in [0.5, 0.6) is 0 Å². The highest BCUT2D eigenvalue weighted by Gasteiger charge is 2.19. The number of rotatable bonds is 3. The van der Waals surface area contributed by atoms with E-state index in [-0.39, 0.29) is 0 Å². The number of pyridine rings is 1. The van der Waals surface area contributed by atoms with Gasteiger partial charge in [-0.2, -0.15) is 9.49 Å². The predicted molar refractivity (Wildman–Crippen MR) is 95.3 cm³/mol. The Morgan fingerprint density at radius 1 is 1.38 bits per heavy atom. The lowest BCUT2D eigenvalue weighted by molar-refractivity contribution is 0.314. The molecule has 4 rings (SSSR count). The molecule has 26 heavy (non-hydrogen) atoms. The van der Waals surface area contributed by atoms with Crippen molar-refractivity contribution in [3.05, 3.63) is 62.9 Å². The molecule has 0 spiro atoms. The van der Waals surface area contributed by atoms with Crippen molar-refractivity contribution in [2.75, 3.05) is 6.54 Å². The number of halogens is 1. The fraction of sp³-hybridized carbons (Fsp3) is 0.389. The highest BCUT2D eigenvalue weighted by molar-refractivity contribution is 5.64. The minimum Gasteiger partial charge on any atom is -0.314 e. The van der Waals surface area contributed by atoms with Crippen LogP contribution in [0.2, 0.25) is 0 Å². The zero-order valence-electron chi connectivity index (χ0n) is 14.4. The first-order valence-corrected chi connectivity index (χ1v) is 8.73.